The van der Waals surface area contributed by atoms with E-state index in [-0.39, 0.29) is 5.91 Å². The fourth-order valence-corrected chi connectivity index (χ4v) is 1.51. The van der Waals surface area contributed by atoms with E-state index in [9.17, 15) is 4.79 Å². The Morgan fingerprint density at radius 2 is 2.43 bits per heavy atom. The van der Waals surface area contributed by atoms with E-state index in [0.29, 0.717) is 17.1 Å². The van der Waals surface area contributed by atoms with Gasteiger partial charge < -0.3 is 5.32 Å². The molecule has 1 rings (SSSR count). The van der Waals surface area contributed by atoms with Crippen molar-refractivity contribution in [1.82, 2.24) is 10.3 Å². The molecule has 0 unspecified atom stereocenters. The Morgan fingerprint density at radius 3 is 3.07 bits per heavy atom. The largest absolute Gasteiger partial charge is 0.352 e. The van der Waals surface area contributed by atoms with Gasteiger partial charge in [-0.2, -0.15) is 0 Å². The first kappa shape index (κ1) is 11.7. The highest BCUT2D eigenvalue weighted by atomic mass is 127. The maximum atomic E-state index is 11.5. The number of pyridine rings is 1. The molecule has 1 aromatic rings. The Hall–Kier alpha value is -0.360. The van der Waals surface area contributed by atoms with Crippen LogP contribution in [0.15, 0.2) is 18.5 Å². The molecular formula is C9H10ClIN2O. The van der Waals surface area contributed by atoms with Gasteiger partial charge in [0.05, 0.1) is 10.6 Å². The smallest absolute Gasteiger partial charge is 0.252 e. The lowest BCUT2D eigenvalue weighted by Crippen LogP contribution is -2.24. The van der Waals surface area contributed by atoms with Crippen LogP contribution in [0.5, 0.6) is 0 Å². The van der Waals surface area contributed by atoms with Gasteiger partial charge in [-0.25, -0.2) is 0 Å². The minimum atomic E-state index is -0.137. The van der Waals surface area contributed by atoms with Crippen molar-refractivity contribution in [2.45, 2.75) is 6.42 Å². The molecule has 0 bridgehead atoms. The van der Waals surface area contributed by atoms with Crippen LogP contribution < -0.4 is 5.32 Å². The zero-order valence-electron chi connectivity index (χ0n) is 7.46. The van der Waals surface area contributed by atoms with Crippen LogP contribution in [0.1, 0.15) is 16.8 Å². The van der Waals surface area contributed by atoms with Gasteiger partial charge in [-0.1, -0.05) is 34.2 Å². The standard InChI is InChI=1S/C9H10ClIN2O/c10-8-6-12-5-2-7(8)9(14)13-4-1-3-11/h2,5-6H,1,3-4H2,(H,13,14). The molecule has 5 heteroatoms. The zero-order valence-corrected chi connectivity index (χ0v) is 10.4. The van der Waals surface area contributed by atoms with Crippen molar-refractivity contribution in [2.24, 2.45) is 0 Å². The number of amides is 1. The van der Waals surface area contributed by atoms with Crippen LogP contribution in [-0.4, -0.2) is 21.9 Å². The summed E-state index contributed by atoms with van der Waals surface area (Å²) in [4.78, 5) is 15.3. The summed E-state index contributed by atoms with van der Waals surface area (Å²) in [5.41, 5.74) is 0.482. The molecular weight excluding hydrogens is 314 g/mol. The number of alkyl halides is 1. The molecule has 0 saturated heterocycles. The Morgan fingerprint density at radius 1 is 1.64 bits per heavy atom. The van der Waals surface area contributed by atoms with Gasteiger partial charge in [0.25, 0.3) is 5.91 Å². The number of rotatable bonds is 4. The zero-order chi connectivity index (χ0) is 10.4. The van der Waals surface area contributed by atoms with Crippen molar-refractivity contribution in [3.63, 3.8) is 0 Å². The Bertz CT molecular complexity index is 319. The van der Waals surface area contributed by atoms with E-state index in [4.69, 9.17) is 11.6 Å². The van der Waals surface area contributed by atoms with Crippen LogP contribution in [0.25, 0.3) is 0 Å². The summed E-state index contributed by atoms with van der Waals surface area (Å²) >= 11 is 8.08. The van der Waals surface area contributed by atoms with Crippen LogP contribution in [-0.2, 0) is 0 Å². The number of hydrogen-bond donors (Lipinski definition) is 1. The van der Waals surface area contributed by atoms with Crippen LogP contribution in [0.3, 0.4) is 0 Å². The van der Waals surface area contributed by atoms with Gasteiger partial charge in [-0.05, 0) is 12.5 Å². The molecule has 1 aromatic heterocycles. The third kappa shape index (κ3) is 3.42. The van der Waals surface area contributed by atoms with Crippen molar-refractivity contribution >= 4 is 40.1 Å². The fourth-order valence-electron chi connectivity index (χ4n) is 0.923. The molecule has 0 aliphatic heterocycles. The third-order valence-electron chi connectivity index (χ3n) is 1.61. The van der Waals surface area contributed by atoms with Gasteiger partial charge in [-0.3, -0.25) is 9.78 Å². The molecule has 0 aliphatic rings. The van der Waals surface area contributed by atoms with Gasteiger partial charge in [0.2, 0.25) is 0 Å². The van der Waals surface area contributed by atoms with E-state index < -0.39 is 0 Å². The molecule has 0 atom stereocenters. The second kappa shape index (κ2) is 6.19. The third-order valence-corrected chi connectivity index (χ3v) is 2.68. The number of nitrogens with zero attached hydrogens (tertiary/aromatic N) is 1. The van der Waals surface area contributed by atoms with Crippen molar-refractivity contribution < 1.29 is 4.79 Å². The van der Waals surface area contributed by atoms with E-state index in [1.54, 1.807) is 12.3 Å². The number of carbonyl (C=O) groups is 1. The number of nitrogens with one attached hydrogen (secondary N) is 1. The maximum Gasteiger partial charge on any atom is 0.252 e. The molecule has 0 spiro atoms. The summed E-state index contributed by atoms with van der Waals surface area (Å²) in [6, 6.07) is 1.61. The maximum absolute atomic E-state index is 11.5. The highest BCUT2D eigenvalue weighted by molar-refractivity contribution is 14.1. The summed E-state index contributed by atoms with van der Waals surface area (Å²) in [5.74, 6) is -0.137. The molecule has 0 fully saturated rings. The normalized spacial score (nSPS) is 9.86. The van der Waals surface area contributed by atoms with Crippen LogP contribution in [0, 0.1) is 0 Å². The monoisotopic (exact) mass is 324 g/mol. The summed E-state index contributed by atoms with van der Waals surface area (Å²) in [5, 5.41) is 3.17. The van der Waals surface area contributed by atoms with Crippen LogP contribution >= 0.6 is 34.2 Å². The molecule has 3 nitrogen and oxygen atoms in total. The van der Waals surface area contributed by atoms with Crippen LogP contribution in [0.4, 0.5) is 0 Å². The quantitative estimate of drug-likeness (QED) is 0.524. The van der Waals surface area contributed by atoms with E-state index in [1.807, 2.05) is 0 Å². The second-order valence-corrected chi connectivity index (χ2v) is 4.14. The second-order valence-electron chi connectivity index (χ2n) is 2.65. The topological polar surface area (TPSA) is 42.0 Å². The number of hydrogen-bond acceptors (Lipinski definition) is 2. The van der Waals surface area contributed by atoms with Gasteiger partial charge >= 0.3 is 0 Å². The first-order chi connectivity index (χ1) is 6.75. The van der Waals surface area contributed by atoms with E-state index in [1.165, 1.54) is 6.20 Å². The average molecular weight is 325 g/mol. The molecule has 14 heavy (non-hydrogen) atoms. The minimum absolute atomic E-state index is 0.137. The Balaban J connectivity index is 2.56. The average Bonchev–Trinajstić information content (AvgIpc) is 2.18. The van der Waals surface area contributed by atoms with Gasteiger partial charge in [0.15, 0.2) is 0 Å². The van der Waals surface area contributed by atoms with Crippen molar-refractivity contribution in [3.8, 4) is 0 Å². The predicted molar refractivity (Wildman–Crippen MR) is 65.1 cm³/mol. The first-order valence-electron chi connectivity index (χ1n) is 4.19. The molecule has 0 aliphatic carbocycles. The molecule has 0 radical (unpaired) electrons. The fraction of sp³-hybridized carbons (Fsp3) is 0.333. The van der Waals surface area contributed by atoms with E-state index in [0.717, 1.165) is 10.8 Å². The number of carbonyl (C=O) groups excluding carboxylic acids is 1. The highest BCUT2D eigenvalue weighted by Gasteiger charge is 2.08. The molecule has 1 N–H and O–H groups in total. The van der Waals surface area contributed by atoms with Crippen molar-refractivity contribution in [2.75, 3.05) is 11.0 Å². The number of halogens is 2. The van der Waals surface area contributed by atoms with Crippen LogP contribution in [0.2, 0.25) is 5.02 Å². The summed E-state index contributed by atoms with van der Waals surface area (Å²) < 4.78 is 1.03. The SMILES string of the molecule is O=C(NCCCI)c1ccncc1Cl. The Labute approximate surface area is 101 Å². The van der Waals surface area contributed by atoms with E-state index in [2.05, 4.69) is 32.9 Å². The molecule has 76 valence electrons. The van der Waals surface area contributed by atoms with Crippen molar-refractivity contribution in [3.05, 3.63) is 29.0 Å². The Kier molecular flexibility index (Phi) is 5.17. The van der Waals surface area contributed by atoms with E-state index >= 15 is 0 Å². The lowest BCUT2D eigenvalue weighted by molar-refractivity contribution is 0.0954. The highest BCUT2D eigenvalue weighted by Crippen LogP contribution is 2.12. The van der Waals surface area contributed by atoms with Gasteiger partial charge in [0.1, 0.15) is 0 Å². The first-order valence-corrected chi connectivity index (χ1v) is 6.09. The molecule has 1 amide bonds. The summed E-state index contributed by atoms with van der Waals surface area (Å²) in [6.07, 6.45) is 3.99. The lowest BCUT2D eigenvalue weighted by Gasteiger charge is -2.04. The summed E-state index contributed by atoms with van der Waals surface area (Å²) in [7, 11) is 0. The van der Waals surface area contributed by atoms with Crippen molar-refractivity contribution in [1.29, 1.82) is 0 Å². The number of aromatic nitrogens is 1. The van der Waals surface area contributed by atoms with Gasteiger partial charge in [0, 0.05) is 23.4 Å². The minimum Gasteiger partial charge on any atom is -0.352 e. The molecule has 0 saturated carbocycles. The summed E-state index contributed by atoms with van der Waals surface area (Å²) in [6.45, 7) is 0.681. The lowest BCUT2D eigenvalue weighted by atomic mass is 10.2. The molecule has 1 heterocycles. The molecule has 0 aromatic carbocycles. The predicted octanol–water partition coefficient (Wildman–Crippen LogP) is 2.29. The van der Waals surface area contributed by atoms with Gasteiger partial charge in [-0.15, -0.1) is 0 Å².